The Balaban J connectivity index is 1.45. The summed E-state index contributed by atoms with van der Waals surface area (Å²) in [4.78, 5) is 14.3. The lowest BCUT2D eigenvalue weighted by Crippen LogP contribution is -2.44. The third-order valence-corrected chi connectivity index (χ3v) is 8.90. The van der Waals surface area contributed by atoms with Gasteiger partial charge in [0.25, 0.3) is 0 Å². The highest BCUT2D eigenvalue weighted by atomic mass is 35.5. The van der Waals surface area contributed by atoms with Gasteiger partial charge in [-0.25, -0.2) is 13.1 Å². The van der Waals surface area contributed by atoms with Crippen molar-refractivity contribution in [3.8, 4) is 0 Å². The molecule has 1 atom stereocenters. The number of rotatable bonds is 6. The Labute approximate surface area is 208 Å². The third-order valence-electron chi connectivity index (χ3n) is 6.97. The Morgan fingerprint density at radius 3 is 2.36 bits per heavy atom. The number of amides is 1. The van der Waals surface area contributed by atoms with Crippen LogP contribution in [0.4, 0.5) is 8.78 Å². The summed E-state index contributed by atoms with van der Waals surface area (Å²) in [5.74, 6) is -0.900. The van der Waals surface area contributed by atoms with E-state index in [9.17, 15) is 13.6 Å². The van der Waals surface area contributed by atoms with E-state index < -0.39 is 11.9 Å². The van der Waals surface area contributed by atoms with Crippen molar-refractivity contribution < 1.29 is 13.6 Å². The van der Waals surface area contributed by atoms with Crippen LogP contribution in [0, 0.1) is 23.0 Å². The van der Waals surface area contributed by atoms with Gasteiger partial charge in [0, 0.05) is 29.5 Å². The van der Waals surface area contributed by atoms with Crippen LogP contribution in [0.5, 0.6) is 0 Å². The first-order chi connectivity index (χ1) is 15.8. The molecule has 1 amide bonds. The number of benzene rings is 2. The first kappa shape index (κ1) is 24.8. The van der Waals surface area contributed by atoms with Crippen molar-refractivity contribution in [2.24, 2.45) is 11.3 Å². The van der Waals surface area contributed by atoms with Crippen LogP contribution in [-0.2, 0) is 4.79 Å². The van der Waals surface area contributed by atoms with E-state index in [0.29, 0.717) is 23.4 Å². The molecule has 1 saturated heterocycles. The molecule has 0 aromatic heterocycles. The second-order valence-electron chi connectivity index (χ2n) is 9.31. The molecule has 2 fully saturated rings. The lowest BCUT2D eigenvalue weighted by Gasteiger charge is -2.38. The average molecular weight is 513 g/mol. The van der Waals surface area contributed by atoms with Crippen LogP contribution in [0.2, 0.25) is 10.0 Å². The molecule has 2 aliphatic rings. The molecule has 0 bridgehead atoms. The van der Waals surface area contributed by atoms with E-state index in [1.807, 2.05) is 0 Å². The zero-order chi connectivity index (χ0) is 23.6. The molecule has 3 nitrogen and oxygen atoms in total. The van der Waals surface area contributed by atoms with Crippen LogP contribution in [0.15, 0.2) is 41.3 Å². The molecule has 0 spiro atoms. The van der Waals surface area contributed by atoms with Crippen LogP contribution in [0.1, 0.15) is 57.1 Å². The molecular formula is C25H28Cl2F2N2OS. The highest BCUT2D eigenvalue weighted by Gasteiger charge is 2.42. The first-order valence-corrected chi connectivity index (χ1v) is 12.9. The predicted octanol–water partition coefficient (Wildman–Crippen LogP) is 7.43. The second kappa shape index (κ2) is 10.5. The number of carbonyl (C=O) groups excluding carboxylic acids is 1. The van der Waals surface area contributed by atoms with E-state index >= 15 is 0 Å². The molecule has 2 aromatic carbocycles. The predicted molar refractivity (Wildman–Crippen MR) is 130 cm³/mol. The van der Waals surface area contributed by atoms with Crippen molar-refractivity contribution in [2.45, 2.75) is 56.4 Å². The molecule has 1 aliphatic carbocycles. The number of hydrogen-bond donors (Lipinski definition) is 1. The van der Waals surface area contributed by atoms with Crippen molar-refractivity contribution in [1.82, 2.24) is 9.62 Å². The summed E-state index contributed by atoms with van der Waals surface area (Å²) in [6, 6.07) is 8.67. The van der Waals surface area contributed by atoms with E-state index in [0.717, 1.165) is 43.7 Å². The quantitative estimate of drug-likeness (QED) is 0.322. The van der Waals surface area contributed by atoms with Gasteiger partial charge in [-0.2, -0.15) is 0 Å². The summed E-state index contributed by atoms with van der Waals surface area (Å²) in [5, 5.41) is 3.65. The van der Waals surface area contributed by atoms with Crippen LogP contribution < -0.4 is 5.32 Å². The monoisotopic (exact) mass is 512 g/mol. The molecule has 8 heteroatoms. The first-order valence-electron chi connectivity index (χ1n) is 11.4. The number of carbonyl (C=O) groups is 1. The Kier molecular flexibility index (Phi) is 7.89. The minimum absolute atomic E-state index is 0.0602. The minimum Gasteiger partial charge on any atom is -0.348 e. The highest BCUT2D eigenvalue weighted by Crippen LogP contribution is 2.50. The van der Waals surface area contributed by atoms with E-state index in [-0.39, 0.29) is 28.1 Å². The normalized spacial score (nSPS) is 20.0. The average Bonchev–Trinajstić information content (AvgIpc) is 3.25. The second-order valence-corrected chi connectivity index (χ2v) is 11.3. The van der Waals surface area contributed by atoms with Gasteiger partial charge in [-0.1, -0.05) is 43.0 Å². The maximum absolute atomic E-state index is 15.0. The fourth-order valence-corrected chi connectivity index (χ4v) is 6.36. The molecule has 1 aliphatic heterocycles. The SMILES string of the molecule is CC1(C(NC(=O)C2CCN(Sc3ccc(F)cc3)CC2)c2c(F)ccc(Cl)c2Cl)CCCC1. The van der Waals surface area contributed by atoms with Gasteiger partial charge < -0.3 is 5.32 Å². The van der Waals surface area contributed by atoms with Gasteiger partial charge in [0.2, 0.25) is 5.91 Å². The molecule has 1 heterocycles. The summed E-state index contributed by atoms with van der Waals surface area (Å²) in [6.07, 6.45) is 5.29. The van der Waals surface area contributed by atoms with Crippen molar-refractivity contribution in [1.29, 1.82) is 0 Å². The molecule has 0 radical (unpaired) electrons. The van der Waals surface area contributed by atoms with E-state index in [1.54, 1.807) is 24.1 Å². The molecule has 1 N–H and O–H groups in total. The summed E-state index contributed by atoms with van der Waals surface area (Å²) < 4.78 is 30.3. The molecule has 33 heavy (non-hydrogen) atoms. The van der Waals surface area contributed by atoms with Gasteiger partial charge in [0.15, 0.2) is 0 Å². The minimum atomic E-state index is -0.523. The Morgan fingerprint density at radius 2 is 1.73 bits per heavy atom. The molecular weight excluding hydrogens is 485 g/mol. The van der Waals surface area contributed by atoms with Crippen molar-refractivity contribution >= 4 is 41.1 Å². The number of piperidine rings is 1. The summed E-state index contributed by atoms with van der Waals surface area (Å²) in [5.41, 5.74) is 0.0236. The van der Waals surface area contributed by atoms with Gasteiger partial charge in [-0.3, -0.25) is 4.79 Å². The summed E-state index contributed by atoms with van der Waals surface area (Å²) in [7, 11) is 0. The lowest BCUT2D eigenvalue weighted by molar-refractivity contribution is -0.127. The Bertz CT molecular complexity index is 991. The number of nitrogens with one attached hydrogen (secondary N) is 1. The van der Waals surface area contributed by atoms with Crippen LogP contribution in [0.3, 0.4) is 0 Å². The van der Waals surface area contributed by atoms with Gasteiger partial charge in [-0.15, -0.1) is 0 Å². The molecule has 4 rings (SSSR count). The van der Waals surface area contributed by atoms with E-state index in [2.05, 4.69) is 16.5 Å². The van der Waals surface area contributed by atoms with Crippen LogP contribution in [0.25, 0.3) is 0 Å². The summed E-state index contributed by atoms with van der Waals surface area (Å²) >= 11 is 14.2. The van der Waals surface area contributed by atoms with Gasteiger partial charge >= 0.3 is 0 Å². The largest absolute Gasteiger partial charge is 0.348 e. The fourth-order valence-electron chi connectivity index (χ4n) is 4.99. The smallest absolute Gasteiger partial charge is 0.223 e. The molecule has 1 saturated carbocycles. The van der Waals surface area contributed by atoms with Gasteiger partial charge in [0.1, 0.15) is 11.6 Å². The highest BCUT2D eigenvalue weighted by molar-refractivity contribution is 7.97. The van der Waals surface area contributed by atoms with Crippen LogP contribution >= 0.6 is 35.1 Å². The topological polar surface area (TPSA) is 32.3 Å². The maximum Gasteiger partial charge on any atom is 0.223 e. The van der Waals surface area contributed by atoms with E-state index in [4.69, 9.17) is 23.2 Å². The maximum atomic E-state index is 15.0. The zero-order valence-corrected chi connectivity index (χ0v) is 20.9. The number of halogens is 4. The zero-order valence-electron chi connectivity index (χ0n) is 18.6. The lowest BCUT2D eigenvalue weighted by atomic mass is 9.76. The Hall–Kier alpha value is -1.34. The van der Waals surface area contributed by atoms with Crippen molar-refractivity contribution in [3.63, 3.8) is 0 Å². The standard InChI is InChI=1S/C25H28Cl2F2N2OS/c1-25(12-2-3-13-25)23(21-20(29)9-8-19(26)22(21)27)30-24(32)16-10-14-31(15-11-16)33-18-6-4-17(28)5-7-18/h4-9,16,23H,2-3,10-15H2,1H3,(H,30,32). The Morgan fingerprint density at radius 1 is 1.09 bits per heavy atom. The van der Waals surface area contributed by atoms with Crippen LogP contribution in [-0.4, -0.2) is 23.3 Å². The molecule has 178 valence electrons. The van der Waals surface area contributed by atoms with Crippen molar-refractivity contribution in [2.75, 3.05) is 13.1 Å². The van der Waals surface area contributed by atoms with Crippen molar-refractivity contribution in [3.05, 3.63) is 63.6 Å². The number of hydrogen-bond acceptors (Lipinski definition) is 3. The van der Waals surface area contributed by atoms with Gasteiger partial charge in [0.05, 0.1) is 16.1 Å². The molecule has 1 unspecified atom stereocenters. The van der Waals surface area contributed by atoms with Gasteiger partial charge in [-0.05, 0) is 79.4 Å². The molecule has 2 aromatic rings. The van der Waals surface area contributed by atoms with E-state index in [1.165, 1.54) is 24.3 Å². The fraction of sp³-hybridized carbons (Fsp3) is 0.480. The third kappa shape index (κ3) is 5.67. The summed E-state index contributed by atoms with van der Waals surface area (Å²) in [6.45, 7) is 3.59. The number of nitrogens with zero attached hydrogens (tertiary/aromatic N) is 1.